The molecule has 1 aromatic heterocycles. The summed E-state index contributed by atoms with van der Waals surface area (Å²) >= 11 is 0. The van der Waals surface area contributed by atoms with Gasteiger partial charge in [0.25, 0.3) is 0 Å². The maximum atomic E-state index is 14.1. The standard InChI is InChI=1S/C20H24FN3O3/c1-26-18-16(11-22-19(23-18)27-2)20(25)9-14-7-8-15(10-20)24(14)12-13-5-3-4-6-17(13)21/h3-6,11,14-15,25H,7-10,12H2,1-2H3/t14-,15-/m1/s1. The van der Waals surface area contributed by atoms with Crippen LogP contribution in [0.15, 0.2) is 30.5 Å². The van der Waals surface area contributed by atoms with Gasteiger partial charge in [-0.3, -0.25) is 4.90 Å². The lowest BCUT2D eigenvalue weighted by molar-refractivity contribution is -0.0614. The fourth-order valence-electron chi connectivity index (χ4n) is 4.54. The normalized spacial score (nSPS) is 27.6. The summed E-state index contributed by atoms with van der Waals surface area (Å²) < 4.78 is 24.5. The van der Waals surface area contributed by atoms with E-state index >= 15 is 0 Å². The van der Waals surface area contributed by atoms with Crippen LogP contribution >= 0.6 is 0 Å². The molecule has 0 saturated carbocycles. The predicted octanol–water partition coefficient (Wildman–Crippen LogP) is 2.65. The SMILES string of the molecule is COc1ncc(C2(O)C[C@H]3CC[C@H](C2)N3Cc2ccccc2F)c(OC)n1. The Kier molecular flexibility index (Phi) is 4.74. The molecule has 27 heavy (non-hydrogen) atoms. The highest BCUT2D eigenvalue weighted by Gasteiger charge is 2.49. The number of aliphatic hydroxyl groups is 1. The number of methoxy groups -OCH3 is 2. The average Bonchev–Trinajstić information content (AvgIpc) is 2.93. The second-order valence-corrected chi connectivity index (χ2v) is 7.37. The Hall–Kier alpha value is -2.25. The maximum absolute atomic E-state index is 14.1. The highest BCUT2D eigenvalue weighted by atomic mass is 19.1. The van der Waals surface area contributed by atoms with Crippen molar-refractivity contribution in [2.75, 3.05) is 14.2 Å². The highest BCUT2D eigenvalue weighted by Crippen LogP contribution is 2.48. The van der Waals surface area contributed by atoms with Gasteiger partial charge < -0.3 is 14.6 Å². The minimum Gasteiger partial charge on any atom is -0.481 e. The van der Waals surface area contributed by atoms with E-state index in [2.05, 4.69) is 14.9 Å². The third-order valence-electron chi connectivity index (χ3n) is 5.84. The van der Waals surface area contributed by atoms with Crippen LogP contribution in [-0.4, -0.2) is 46.3 Å². The second kappa shape index (κ2) is 7.05. The number of rotatable bonds is 5. The van der Waals surface area contributed by atoms with E-state index in [1.165, 1.54) is 20.3 Å². The highest BCUT2D eigenvalue weighted by molar-refractivity contribution is 5.33. The fourth-order valence-corrected chi connectivity index (χ4v) is 4.54. The molecule has 3 heterocycles. The zero-order chi connectivity index (χ0) is 19.0. The van der Waals surface area contributed by atoms with Gasteiger partial charge in [-0.05, 0) is 31.7 Å². The third kappa shape index (κ3) is 3.26. The summed E-state index contributed by atoms with van der Waals surface area (Å²) in [6, 6.07) is 7.46. The van der Waals surface area contributed by atoms with Gasteiger partial charge in [-0.25, -0.2) is 9.37 Å². The van der Waals surface area contributed by atoms with E-state index < -0.39 is 5.60 Å². The quantitative estimate of drug-likeness (QED) is 0.869. The van der Waals surface area contributed by atoms with E-state index in [-0.39, 0.29) is 23.9 Å². The summed E-state index contributed by atoms with van der Waals surface area (Å²) in [5.74, 6) is 0.161. The van der Waals surface area contributed by atoms with E-state index in [1.54, 1.807) is 12.3 Å². The second-order valence-electron chi connectivity index (χ2n) is 7.37. The molecule has 0 amide bonds. The van der Waals surface area contributed by atoms with E-state index in [1.807, 2.05) is 12.1 Å². The number of nitrogens with zero attached hydrogens (tertiary/aromatic N) is 3. The molecule has 1 aromatic carbocycles. The van der Waals surface area contributed by atoms with Crippen LogP contribution in [-0.2, 0) is 12.1 Å². The largest absolute Gasteiger partial charge is 0.481 e. The van der Waals surface area contributed by atoms with Crippen molar-refractivity contribution in [1.82, 2.24) is 14.9 Å². The molecule has 2 aromatic rings. The molecule has 2 aliphatic rings. The molecule has 0 spiro atoms. The third-order valence-corrected chi connectivity index (χ3v) is 5.84. The topological polar surface area (TPSA) is 67.7 Å². The van der Waals surface area contributed by atoms with Gasteiger partial charge >= 0.3 is 6.01 Å². The van der Waals surface area contributed by atoms with Gasteiger partial charge in [0.1, 0.15) is 5.82 Å². The number of benzene rings is 1. The first-order chi connectivity index (χ1) is 13.0. The van der Waals surface area contributed by atoms with Crippen molar-refractivity contribution in [2.24, 2.45) is 0 Å². The van der Waals surface area contributed by atoms with Crippen molar-refractivity contribution in [3.63, 3.8) is 0 Å². The summed E-state index contributed by atoms with van der Waals surface area (Å²) in [4.78, 5) is 10.7. The first kappa shape index (κ1) is 18.1. The molecule has 144 valence electrons. The Morgan fingerprint density at radius 3 is 2.52 bits per heavy atom. The Labute approximate surface area is 158 Å². The van der Waals surface area contributed by atoms with Crippen molar-refractivity contribution in [3.8, 4) is 11.9 Å². The smallest absolute Gasteiger partial charge is 0.319 e. The zero-order valence-corrected chi connectivity index (χ0v) is 15.6. The van der Waals surface area contributed by atoms with Crippen molar-refractivity contribution in [2.45, 2.75) is 49.9 Å². The molecule has 0 aliphatic carbocycles. The number of halogens is 1. The first-order valence-electron chi connectivity index (χ1n) is 9.21. The van der Waals surface area contributed by atoms with Crippen LogP contribution in [0.25, 0.3) is 0 Å². The molecule has 0 unspecified atom stereocenters. The lowest BCUT2D eigenvalue weighted by atomic mass is 9.81. The van der Waals surface area contributed by atoms with Gasteiger partial charge in [0.2, 0.25) is 5.88 Å². The van der Waals surface area contributed by atoms with Crippen LogP contribution in [0, 0.1) is 5.82 Å². The van der Waals surface area contributed by atoms with Crippen LogP contribution in [0.3, 0.4) is 0 Å². The van der Waals surface area contributed by atoms with E-state index in [9.17, 15) is 9.50 Å². The molecule has 1 N–H and O–H groups in total. The van der Waals surface area contributed by atoms with Gasteiger partial charge in [0.15, 0.2) is 0 Å². The number of ether oxygens (including phenoxy) is 2. The maximum Gasteiger partial charge on any atom is 0.319 e. The van der Waals surface area contributed by atoms with Gasteiger partial charge in [-0.2, -0.15) is 4.98 Å². The molecule has 6 nitrogen and oxygen atoms in total. The average molecular weight is 373 g/mol. The molecule has 2 aliphatic heterocycles. The van der Waals surface area contributed by atoms with Crippen LogP contribution in [0.1, 0.15) is 36.8 Å². The number of hydrogen-bond acceptors (Lipinski definition) is 6. The molecule has 2 bridgehead atoms. The van der Waals surface area contributed by atoms with Gasteiger partial charge in [-0.15, -0.1) is 0 Å². The molecule has 2 fully saturated rings. The zero-order valence-electron chi connectivity index (χ0n) is 15.6. The lowest BCUT2D eigenvalue weighted by Gasteiger charge is -2.44. The van der Waals surface area contributed by atoms with Crippen LogP contribution < -0.4 is 9.47 Å². The minimum absolute atomic E-state index is 0.178. The predicted molar refractivity (Wildman–Crippen MR) is 97.0 cm³/mol. The molecule has 2 atom stereocenters. The molecule has 2 saturated heterocycles. The first-order valence-corrected chi connectivity index (χ1v) is 9.21. The monoisotopic (exact) mass is 373 g/mol. The molecular formula is C20H24FN3O3. The van der Waals surface area contributed by atoms with Crippen LogP contribution in [0.2, 0.25) is 0 Å². The summed E-state index contributed by atoms with van der Waals surface area (Å²) in [5.41, 5.74) is 0.230. The number of piperidine rings is 1. The van der Waals surface area contributed by atoms with Crippen molar-refractivity contribution < 1.29 is 19.0 Å². The van der Waals surface area contributed by atoms with Crippen LogP contribution in [0.5, 0.6) is 11.9 Å². The summed E-state index contributed by atoms with van der Waals surface area (Å²) in [6.07, 6.45) is 4.66. The summed E-state index contributed by atoms with van der Waals surface area (Å²) in [5, 5.41) is 11.4. The Morgan fingerprint density at radius 1 is 1.19 bits per heavy atom. The fraction of sp³-hybridized carbons (Fsp3) is 0.500. The van der Waals surface area contributed by atoms with Crippen molar-refractivity contribution in [3.05, 3.63) is 47.4 Å². The lowest BCUT2D eigenvalue weighted by Crippen LogP contribution is -2.49. The Morgan fingerprint density at radius 2 is 1.89 bits per heavy atom. The molecular weight excluding hydrogens is 349 g/mol. The van der Waals surface area contributed by atoms with Gasteiger partial charge in [0, 0.05) is 30.4 Å². The number of aromatic nitrogens is 2. The Bertz CT molecular complexity index is 818. The van der Waals surface area contributed by atoms with Gasteiger partial charge in [-0.1, -0.05) is 18.2 Å². The Balaban J connectivity index is 1.59. The van der Waals surface area contributed by atoms with Crippen LogP contribution in [0.4, 0.5) is 4.39 Å². The van der Waals surface area contributed by atoms with E-state index in [4.69, 9.17) is 9.47 Å². The van der Waals surface area contributed by atoms with Gasteiger partial charge in [0.05, 0.1) is 25.4 Å². The minimum atomic E-state index is -1.06. The van der Waals surface area contributed by atoms with E-state index in [0.717, 1.165) is 12.8 Å². The number of hydrogen-bond donors (Lipinski definition) is 1. The summed E-state index contributed by atoms with van der Waals surface area (Å²) in [7, 11) is 3.02. The number of fused-ring (bicyclic) bond motifs is 2. The summed E-state index contributed by atoms with van der Waals surface area (Å²) in [6.45, 7) is 0.564. The van der Waals surface area contributed by atoms with E-state index in [0.29, 0.717) is 36.4 Å². The van der Waals surface area contributed by atoms with Crippen molar-refractivity contribution in [1.29, 1.82) is 0 Å². The molecule has 0 radical (unpaired) electrons. The van der Waals surface area contributed by atoms with Crippen molar-refractivity contribution >= 4 is 0 Å². The molecule has 4 rings (SSSR count). The molecule has 7 heteroatoms.